The van der Waals surface area contributed by atoms with Crippen molar-refractivity contribution in [1.82, 2.24) is 10.2 Å². The second kappa shape index (κ2) is 14.5. The molecule has 10 heteroatoms. The van der Waals surface area contributed by atoms with Gasteiger partial charge in [-0.05, 0) is 42.7 Å². The average molecular weight is 605 g/mol. The lowest BCUT2D eigenvalue weighted by atomic mass is 10.0. The van der Waals surface area contributed by atoms with E-state index in [-0.39, 0.29) is 34.6 Å². The molecule has 0 fully saturated rings. The van der Waals surface area contributed by atoms with E-state index in [2.05, 4.69) is 5.32 Å². The highest BCUT2D eigenvalue weighted by atomic mass is 35.5. The highest BCUT2D eigenvalue weighted by Crippen LogP contribution is 2.31. The van der Waals surface area contributed by atoms with E-state index in [1.165, 1.54) is 23.1 Å². The van der Waals surface area contributed by atoms with E-state index in [0.29, 0.717) is 6.54 Å². The van der Waals surface area contributed by atoms with Gasteiger partial charge in [0.05, 0.1) is 17.0 Å². The fraction of sp³-hybridized carbons (Fsp3) is 0.333. The van der Waals surface area contributed by atoms with Crippen LogP contribution in [0.15, 0.2) is 72.8 Å². The number of hydrogen-bond acceptors (Lipinski definition) is 4. The van der Waals surface area contributed by atoms with Gasteiger partial charge in [-0.1, -0.05) is 96.7 Å². The lowest BCUT2D eigenvalue weighted by Crippen LogP contribution is -2.53. The fourth-order valence-corrected chi connectivity index (χ4v) is 5.63. The zero-order valence-corrected chi connectivity index (χ0v) is 25.3. The molecule has 0 saturated carbocycles. The molecule has 0 aliphatic rings. The van der Waals surface area contributed by atoms with Crippen LogP contribution in [-0.2, 0) is 32.6 Å². The highest BCUT2D eigenvalue weighted by molar-refractivity contribution is 7.92. The van der Waals surface area contributed by atoms with E-state index in [1.54, 1.807) is 0 Å². The van der Waals surface area contributed by atoms with Gasteiger partial charge in [0.25, 0.3) is 0 Å². The van der Waals surface area contributed by atoms with Crippen LogP contribution in [0.25, 0.3) is 0 Å². The van der Waals surface area contributed by atoms with Gasteiger partial charge in [-0.3, -0.25) is 13.9 Å². The Morgan fingerprint density at radius 1 is 0.950 bits per heavy atom. The van der Waals surface area contributed by atoms with Crippen LogP contribution >= 0.6 is 23.2 Å². The third kappa shape index (κ3) is 8.98. The zero-order valence-electron chi connectivity index (χ0n) is 22.9. The number of unbranched alkanes of at least 4 members (excludes halogenated alkanes) is 1. The van der Waals surface area contributed by atoms with Gasteiger partial charge in [-0.2, -0.15) is 0 Å². The van der Waals surface area contributed by atoms with Gasteiger partial charge in [-0.25, -0.2) is 8.42 Å². The lowest BCUT2D eigenvalue weighted by Gasteiger charge is -2.33. The molecule has 1 atom stereocenters. The molecular formula is C30H35Cl2N3O4S. The van der Waals surface area contributed by atoms with Crippen molar-refractivity contribution in [2.75, 3.05) is 23.7 Å². The molecular weight excluding hydrogens is 569 g/mol. The average Bonchev–Trinajstić information content (AvgIpc) is 2.90. The molecule has 3 aromatic carbocycles. The Morgan fingerprint density at radius 3 is 2.30 bits per heavy atom. The van der Waals surface area contributed by atoms with Gasteiger partial charge >= 0.3 is 0 Å². The molecule has 40 heavy (non-hydrogen) atoms. The van der Waals surface area contributed by atoms with Crippen LogP contribution < -0.4 is 9.62 Å². The van der Waals surface area contributed by atoms with Crippen molar-refractivity contribution in [1.29, 1.82) is 0 Å². The predicted molar refractivity (Wildman–Crippen MR) is 162 cm³/mol. The molecule has 0 spiro atoms. The van der Waals surface area contributed by atoms with Crippen molar-refractivity contribution in [3.8, 4) is 0 Å². The molecule has 3 rings (SSSR count). The van der Waals surface area contributed by atoms with E-state index in [0.717, 1.165) is 40.1 Å². The van der Waals surface area contributed by atoms with Crippen LogP contribution in [0.3, 0.4) is 0 Å². The summed E-state index contributed by atoms with van der Waals surface area (Å²) in [5, 5.41) is 3.37. The number of hydrogen-bond donors (Lipinski definition) is 1. The van der Waals surface area contributed by atoms with Gasteiger partial charge in [0.2, 0.25) is 21.8 Å². The lowest BCUT2D eigenvalue weighted by molar-refractivity contribution is -0.140. The Morgan fingerprint density at radius 2 is 1.65 bits per heavy atom. The summed E-state index contributed by atoms with van der Waals surface area (Å²) >= 11 is 12.5. The van der Waals surface area contributed by atoms with Crippen LogP contribution in [0.5, 0.6) is 0 Å². The number of rotatable bonds is 13. The first-order valence-corrected chi connectivity index (χ1v) is 15.7. The van der Waals surface area contributed by atoms with Crippen molar-refractivity contribution in [2.24, 2.45) is 0 Å². The molecule has 0 saturated heterocycles. The van der Waals surface area contributed by atoms with Gasteiger partial charge in [0.1, 0.15) is 12.6 Å². The predicted octanol–water partition coefficient (Wildman–Crippen LogP) is 5.62. The topological polar surface area (TPSA) is 86.8 Å². The summed E-state index contributed by atoms with van der Waals surface area (Å²) in [6.45, 7) is 4.00. The maximum atomic E-state index is 14.1. The molecule has 214 valence electrons. The number of nitrogens with zero attached hydrogens (tertiary/aromatic N) is 2. The molecule has 0 aromatic heterocycles. The second-order valence-electron chi connectivity index (χ2n) is 9.73. The fourth-order valence-electron chi connectivity index (χ4n) is 4.34. The molecule has 0 heterocycles. The number of carbonyl (C=O) groups excluding carboxylic acids is 2. The van der Waals surface area contributed by atoms with Crippen LogP contribution in [0.1, 0.15) is 36.5 Å². The highest BCUT2D eigenvalue weighted by Gasteiger charge is 2.33. The van der Waals surface area contributed by atoms with Crippen molar-refractivity contribution in [3.63, 3.8) is 0 Å². The van der Waals surface area contributed by atoms with Crippen molar-refractivity contribution < 1.29 is 18.0 Å². The zero-order chi connectivity index (χ0) is 29.3. The quantitative estimate of drug-likeness (QED) is 0.257. The summed E-state index contributed by atoms with van der Waals surface area (Å²) in [6.07, 6.45) is 2.96. The van der Waals surface area contributed by atoms with Gasteiger partial charge < -0.3 is 10.2 Å². The Kier molecular flexibility index (Phi) is 11.4. The normalized spacial score (nSPS) is 12.0. The van der Waals surface area contributed by atoms with Crippen LogP contribution in [0.2, 0.25) is 10.0 Å². The van der Waals surface area contributed by atoms with Gasteiger partial charge in [0.15, 0.2) is 0 Å². The van der Waals surface area contributed by atoms with E-state index < -0.39 is 28.5 Å². The molecule has 2 amide bonds. The Balaban J connectivity index is 2.06. The van der Waals surface area contributed by atoms with E-state index in [9.17, 15) is 18.0 Å². The summed E-state index contributed by atoms with van der Waals surface area (Å²) in [6, 6.07) is 20.6. The standard InChI is InChI=1S/C30H35Cl2N3O4S/c1-4-5-16-33-30(37)28(18-23-11-7-6-8-12-23)34(20-24-13-9-10-22(2)17-24)29(36)21-35(40(3,38)39)27-19-25(31)14-15-26(27)32/h6-15,17,19,28H,4-5,16,18,20-21H2,1-3H3,(H,33,37)/t28-/m0/s1. The Labute approximate surface area is 247 Å². The summed E-state index contributed by atoms with van der Waals surface area (Å²) in [5.74, 6) is -0.848. The largest absolute Gasteiger partial charge is 0.354 e. The van der Waals surface area contributed by atoms with Crippen LogP contribution in [0, 0.1) is 6.92 Å². The second-order valence-corrected chi connectivity index (χ2v) is 12.5. The number of sulfonamides is 1. The summed E-state index contributed by atoms with van der Waals surface area (Å²) < 4.78 is 26.7. The summed E-state index contributed by atoms with van der Waals surface area (Å²) in [7, 11) is -3.95. The summed E-state index contributed by atoms with van der Waals surface area (Å²) in [5.41, 5.74) is 2.78. The number of carbonyl (C=O) groups is 2. The first-order valence-electron chi connectivity index (χ1n) is 13.1. The minimum absolute atomic E-state index is 0.0903. The third-order valence-electron chi connectivity index (χ3n) is 6.39. The maximum Gasteiger partial charge on any atom is 0.244 e. The van der Waals surface area contributed by atoms with Crippen molar-refractivity contribution in [2.45, 2.75) is 45.7 Å². The summed E-state index contributed by atoms with van der Waals surface area (Å²) in [4.78, 5) is 29.1. The van der Waals surface area contributed by atoms with Crippen molar-refractivity contribution in [3.05, 3.63) is 99.5 Å². The number of nitrogens with one attached hydrogen (secondary N) is 1. The molecule has 1 N–H and O–H groups in total. The number of aryl methyl sites for hydroxylation is 1. The first-order chi connectivity index (χ1) is 19.0. The van der Waals surface area contributed by atoms with Crippen molar-refractivity contribution >= 4 is 50.7 Å². The molecule has 0 unspecified atom stereocenters. The van der Waals surface area contributed by atoms with Gasteiger partial charge in [0, 0.05) is 24.5 Å². The smallest absolute Gasteiger partial charge is 0.244 e. The molecule has 3 aromatic rings. The minimum atomic E-state index is -3.95. The third-order valence-corrected chi connectivity index (χ3v) is 8.07. The van der Waals surface area contributed by atoms with Crippen LogP contribution in [0.4, 0.5) is 5.69 Å². The van der Waals surface area contributed by atoms with E-state index >= 15 is 0 Å². The first kappa shape index (κ1) is 31.5. The molecule has 0 aliphatic carbocycles. The Bertz CT molecular complexity index is 1420. The van der Waals surface area contributed by atoms with Gasteiger partial charge in [-0.15, -0.1) is 0 Å². The molecule has 7 nitrogen and oxygen atoms in total. The molecule has 0 bridgehead atoms. The monoisotopic (exact) mass is 603 g/mol. The SMILES string of the molecule is CCCCNC(=O)[C@H](Cc1ccccc1)N(Cc1cccc(C)c1)C(=O)CN(c1cc(Cl)ccc1Cl)S(C)(=O)=O. The number of anilines is 1. The molecule has 0 radical (unpaired) electrons. The maximum absolute atomic E-state index is 14.1. The van der Waals surface area contributed by atoms with E-state index in [1.807, 2.05) is 68.4 Å². The Hall–Kier alpha value is -3.07. The minimum Gasteiger partial charge on any atom is -0.354 e. The number of amides is 2. The molecule has 0 aliphatic heterocycles. The number of halogens is 2. The van der Waals surface area contributed by atoms with E-state index in [4.69, 9.17) is 23.2 Å². The van der Waals surface area contributed by atoms with Crippen LogP contribution in [-0.4, -0.2) is 50.5 Å². The number of benzene rings is 3.